The molecule has 0 atom stereocenters. The van der Waals surface area contributed by atoms with Gasteiger partial charge in [0.2, 0.25) is 5.91 Å². The van der Waals surface area contributed by atoms with Crippen LogP contribution in [0.5, 0.6) is 0 Å². The number of rotatable bonds is 2. The number of amides is 1. The van der Waals surface area contributed by atoms with Gasteiger partial charge in [0.15, 0.2) is 0 Å². The van der Waals surface area contributed by atoms with E-state index in [2.05, 4.69) is 5.32 Å². The van der Waals surface area contributed by atoms with Gasteiger partial charge < -0.3 is 10.2 Å². The third kappa shape index (κ3) is 2.14. The summed E-state index contributed by atoms with van der Waals surface area (Å²) in [7, 11) is 0. The second-order valence-electron chi connectivity index (χ2n) is 4.51. The van der Waals surface area contributed by atoms with Crippen LogP contribution < -0.4 is 10.2 Å². The summed E-state index contributed by atoms with van der Waals surface area (Å²) in [6, 6.07) is 11.3. The molecular formula is C15H11FN2O2. The van der Waals surface area contributed by atoms with Gasteiger partial charge in [-0.3, -0.25) is 9.59 Å². The zero-order valence-corrected chi connectivity index (χ0v) is 10.5. The third-order valence-corrected chi connectivity index (χ3v) is 3.12. The monoisotopic (exact) mass is 270 g/mol. The molecule has 0 aliphatic carbocycles. The Morgan fingerprint density at radius 3 is 2.80 bits per heavy atom. The number of hydrogen-bond acceptors (Lipinski definition) is 3. The quantitative estimate of drug-likeness (QED) is 0.854. The van der Waals surface area contributed by atoms with Crippen LogP contribution in [0.3, 0.4) is 0 Å². The summed E-state index contributed by atoms with van der Waals surface area (Å²) in [6.07, 6.45) is 0.586. The van der Waals surface area contributed by atoms with Gasteiger partial charge in [-0.05, 0) is 30.3 Å². The molecule has 0 saturated carbocycles. The van der Waals surface area contributed by atoms with Gasteiger partial charge >= 0.3 is 0 Å². The maximum atomic E-state index is 13.6. The molecule has 1 N–H and O–H groups in total. The zero-order chi connectivity index (χ0) is 14.1. The lowest BCUT2D eigenvalue weighted by atomic mass is 10.1. The van der Waals surface area contributed by atoms with Crippen LogP contribution in [0.1, 0.15) is 10.4 Å². The van der Waals surface area contributed by atoms with Gasteiger partial charge in [0.1, 0.15) is 18.6 Å². The smallest absolute Gasteiger partial charge is 0.244 e. The Morgan fingerprint density at radius 1 is 1.20 bits per heavy atom. The predicted octanol–water partition coefficient (Wildman–Crippen LogP) is 2.73. The number of aldehydes is 1. The highest BCUT2D eigenvalue weighted by molar-refractivity contribution is 6.03. The summed E-state index contributed by atoms with van der Waals surface area (Å²) >= 11 is 0. The molecule has 100 valence electrons. The lowest BCUT2D eigenvalue weighted by Gasteiger charge is -2.31. The lowest BCUT2D eigenvalue weighted by molar-refractivity contribution is -0.115. The molecule has 1 aliphatic heterocycles. The molecule has 1 heterocycles. The minimum atomic E-state index is -0.506. The minimum Gasteiger partial charge on any atom is -0.330 e. The molecule has 20 heavy (non-hydrogen) atoms. The van der Waals surface area contributed by atoms with Crippen molar-refractivity contribution in [3.8, 4) is 0 Å². The van der Waals surface area contributed by atoms with Crippen LogP contribution in [0, 0.1) is 5.82 Å². The van der Waals surface area contributed by atoms with E-state index in [1.54, 1.807) is 17.0 Å². The molecule has 0 saturated heterocycles. The second-order valence-corrected chi connectivity index (χ2v) is 4.51. The van der Waals surface area contributed by atoms with Crippen molar-refractivity contribution in [2.24, 2.45) is 0 Å². The first-order chi connectivity index (χ1) is 9.67. The largest absolute Gasteiger partial charge is 0.330 e. The number of anilines is 3. The summed E-state index contributed by atoms with van der Waals surface area (Å²) < 4.78 is 13.6. The molecule has 1 amide bonds. The van der Waals surface area contributed by atoms with Gasteiger partial charge in [-0.25, -0.2) is 4.39 Å². The molecule has 2 aromatic carbocycles. The first-order valence-corrected chi connectivity index (χ1v) is 6.09. The Kier molecular flexibility index (Phi) is 2.95. The molecule has 0 aromatic heterocycles. The van der Waals surface area contributed by atoms with Crippen molar-refractivity contribution in [2.75, 3.05) is 16.8 Å². The van der Waals surface area contributed by atoms with Crippen LogP contribution in [0.15, 0.2) is 42.5 Å². The number of hydrogen-bond donors (Lipinski definition) is 1. The van der Waals surface area contributed by atoms with Gasteiger partial charge in [-0.2, -0.15) is 0 Å². The highest BCUT2D eigenvalue weighted by atomic mass is 19.1. The number of nitrogens with one attached hydrogen (secondary N) is 1. The second kappa shape index (κ2) is 4.77. The number of carbonyl (C=O) groups is 2. The highest BCUT2D eigenvalue weighted by Crippen LogP contribution is 2.35. The fourth-order valence-corrected chi connectivity index (χ4v) is 2.28. The summed E-state index contributed by atoms with van der Waals surface area (Å²) in [5, 5.41) is 2.76. The maximum Gasteiger partial charge on any atom is 0.244 e. The van der Waals surface area contributed by atoms with E-state index in [0.717, 1.165) is 11.8 Å². The van der Waals surface area contributed by atoms with Crippen LogP contribution in [-0.2, 0) is 4.79 Å². The Hall–Kier alpha value is -2.69. The molecule has 4 nitrogen and oxygen atoms in total. The molecule has 0 radical (unpaired) electrons. The number of halogens is 1. The van der Waals surface area contributed by atoms with Gasteiger partial charge in [0.25, 0.3) is 0 Å². The number of fused-ring (bicyclic) bond motifs is 1. The van der Waals surface area contributed by atoms with E-state index in [4.69, 9.17) is 0 Å². The van der Waals surface area contributed by atoms with E-state index in [-0.39, 0.29) is 18.0 Å². The van der Waals surface area contributed by atoms with Crippen LogP contribution in [-0.4, -0.2) is 18.7 Å². The number of carbonyl (C=O) groups excluding carboxylic acids is 2. The molecule has 3 rings (SSSR count). The summed E-state index contributed by atoms with van der Waals surface area (Å²) in [5.74, 6) is -0.686. The molecular weight excluding hydrogens is 259 g/mol. The minimum absolute atomic E-state index is 0.0821. The average Bonchev–Trinajstić information content (AvgIpc) is 2.45. The average molecular weight is 270 g/mol. The highest BCUT2D eigenvalue weighted by Gasteiger charge is 2.23. The van der Waals surface area contributed by atoms with Gasteiger partial charge in [-0.15, -0.1) is 0 Å². The maximum absolute atomic E-state index is 13.6. The van der Waals surface area contributed by atoms with E-state index >= 15 is 0 Å². The van der Waals surface area contributed by atoms with E-state index in [1.165, 1.54) is 6.07 Å². The van der Waals surface area contributed by atoms with Crippen molar-refractivity contribution in [1.29, 1.82) is 0 Å². The van der Waals surface area contributed by atoms with Crippen LogP contribution in [0.25, 0.3) is 0 Å². The van der Waals surface area contributed by atoms with E-state index < -0.39 is 5.82 Å². The Labute approximate surface area is 114 Å². The van der Waals surface area contributed by atoms with Crippen molar-refractivity contribution >= 4 is 29.3 Å². The van der Waals surface area contributed by atoms with Crippen molar-refractivity contribution in [3.63, 3.8) is 0 Å². The lowest BCUT2D eigenvalue weighted by Crippen LogP contribution is -2.35. The van der Waals surface area contributed by atoms with Crippen molar-refractivity contribution in [1.82, 2.24) is 0 Å². The Bertz CT molecular complexity index is 700. The summed E-state index contributed by atoms with van der Waals surface area (Å²) in [4.78, 5) is 24.3. The molecule has 2 aromatic rings. The van der Waals surface area contributed by atoms with E-state index in [1.807, 2.05) is 18.2 Å². The topological polar surface area (TPSA) is 49.4 Å². The molecule has 0 fully saturated rings. The third-order valence-electron chi connectivity index (χ3n) is 3.12. The van der Waals surface area contributed by atoms with Gasteiger partial charge in [-0.1, -0.05) is 12.1 Å². The van der Waals surface area contributed by atoms with Gasteiger partial charge in [0.05, 0.1) is 11.4 Å². The number of nitrogens with zero attached hydrogens (tertiary/aromatic N) is 1. The van der Waals surface area contributed by atoms with Crippen molar-refractivity contribution in [2.45, 2.75) is 0 Å². The standard InChI is InChI=1S/C15H11FN2O2/c16-11-5-10(9-19)6-12(7-11)18-8-15(20)17-13-3-1-2-4-14(13)18/h1-7,9H,8H2,(H,17,20). The van der Waals surface area contributed by atoms with E-state index in [9.17, 15) is 14.0 Å². The van der Waals surface area contributed by atoms with E-state index in [0.29, 0.717) is 17.7 Å². The van der Waals surface area contributed by atoms with Gasteiger partial charge in [0, 0.05) is 11.3 Å². The predicted molar refractivity (Wildman–Crippen MR) is 73.9 cm³/mol. The summed E-state index contributed by atoms with van der Waals surface area (Å²) in [6.45, 7) is 0.0821. The Balaban J connectivity index is 2.12. The molecule has 1 aliphatic rings. The molecule has 0 bridgehead atoms. The Morgan fingerprint density at radius 2 is 2.00 bits per heavy atom. The fourth-order valence-electron chi connectivity index (χ4n) is 2.28. The first kappa shape index (κ1) is 12.3. The molecule has 5 heteroatoms. The number of para-hydroxylation sites is 2. The normalized spacial score (nSPS) is 13.7. The molecule has 0 spiro atoms. The van der Waals surface area contributed by atoms with Crippen LogP contribution >= 0.6 is 0 Å². The zero-order valence-electron chi connectivity index (χ0n) is 10.5. The van der Waals surface area contributed by atoms with Crippen LogP contribution in [0.2, 0.25) is 0 Å². The van der Waals surface area contributed by atoms with Crippen LogP contribution in [0.4, 0.5) is 21.5 Å². The number of benzene rings is 2. The SMILES string of the molecule is O=Cc1cc(F)cc(N2CC(=O)Nc3ccccc32)c1. The first-order valence-electron chi connectivity index (χ1n) is 6.09. The molecule has 0 unspecified atom stereocenters. The fraction of sp³-hybridized carbons (Fsp3) is 0.0667. The summed E-state index contributed by atoms with van der Waals surface area (Å²) in [5.41, 5.74) is 2.16. The van der Waals surface area contributed by atoms with Crippen molar-refractivity contribution in [3.05, 3.63) is 53.8 Å². The van der Waals surface area contributed by atoms with Crippen molar-refractivity contribution < 1.29 is 14.0 Å².